The maximum atomic E-state index is 8.69. The van der Waals surface area contributed by atoms with Crippen molar-refractivity contribution in [3.63, 3.8) is 0 Å². The van der Waals surface area contributed by atoms with Crippen molar-refractivity contribution in [2.45, 2.75) is 6.92 Å². The van der Waals surface area contributed by atoms with E-state index in [1.807, 2.05) is 19.1 Å². The Balaban J connectivity index is 2.89. The average molecular weight is 161 g/mol. The molecule has 0 unspecified atom stereocenters. The molecule has 0 saturated heterocycles. The van der Waals surface area contributed by atoms with E-state index in [0.29, 0.717) is 12.2 Å². The number of rotatable bonds is 2. The predicted molar refractivity (Wildman–Crippen MR) is 49.5 cm³/mol. The van der Waals surface area contributed by atoms with Crippen LogP contribution in [-0.2, 0) is 0 Å². The van der Waals surface area contributed by atoms with Crippen molar-refractivity contribution in [2.24, 2.45) is 0 Å². The van der Waals surface area contributed by atoms with Crippen LogP contribution in [0.1, 0.15) is 6.92 Å². The molecule has 0 radical (unpaired) electrons. The van der Waals surface area contributed by atoms with Gasteiger partial charge in [0.25, 0.3) is 0 Å². The van der Waals surface area contributed by atoms with Gasteiger partial charge in [0.2, 0.25) is 0 Å². The van der Waals surface area contributed by atoms with Gasteiger partial charge in [0.05, 0.1) is 5.69 Å². The van der Waals surface area contributed by atoms with Crippen LogP contribution in [0.5, 0.6) is 0 Å². The molecular formula is C9H11N3. The van der Waals surface area contributed by atoms with Crippen molar-refractivity contribution in [2.75, 3.05) is 17.2 Å². The summed E-state index contributed by atoms with van der Waals surface area (Å²) in [4.78, 5) is 1.60. The number of nitrogens with zero attached hydrogens (tertiary/aromatic N) is 2. The highest BCUT2D eigenvalue weighted by atomic mass is 15.1. The van der Waals surface area contributed by atoms with Crippen LogP contribution in [0, 0.1) is 11.5 Å². The van der Waals surface area contributed by atoms with Gasteiger partial charge in [0.15, 0.2) is 6.19 Å². The lowest BCUT2D eigenvalue weighted by molar-refractivity contribution is 1.03. The quantitative estimate of drug-likeness (QED) is 0.407. The summed E-state index contributed by atoms with van der Waals surface area (Å²) in [5, 5.41) is 8.69. The minimum absolute atomic E-state index is 0.681. The van der Waals surface area contributed by atoms with Crippen LogP contribution in [0.2, 0.25) is 0 Å². The summed E-state index contributed by atoms with van der Waals surface area (Å²) in [5.74, 6) is 0. The molecule has 0 atom stereocenters. The van der Waals surface area contributed by atoms with Crippen molar-refractivity contribution in [3.8, 4) is 6.19 Å². The third-order valence-electron chi connectivity index (χ3n) is 1.64. The zero-order valence-corrected chi connectivity index (χ0v) is 6.99. The topological polar surface area (TPSA) is 53.0 Å². The lowest BCUT2D eigenvalue weighted by atomic mass is 10.2. The van der Waals surface area contributed by atoms with Gasteiger partial charge in [-0.15, -0.1) is 0 Å². The van der Waals surface area contributed by atoms with Crippen LogP contribution in [0.15, 0.2) is 24.3 Å². The van der Waals surface area contributed by atoms with E-state index in [4.69, 9.17) is 11.0 Å². The van der Waals surface area contributed by atoms with Gasteiger partial charge in [-0.2, -0.15) is 5.26 Å². The Labute approximate surface area is 72.0 Å². The Morgan fingerprint density at radius 1 is 1.42 bits per heavy atom. The summed E-state index contributed by atoms with van der Waals surface area (Å²) >= 11 is 0. The molecule has 0 aliphatic heterocycles. The van der Waals surface area contributed by atoms with Gasteiger partial charge < -0.3 is 5.73 Å². The average Bonchev–Trinajstić information content (AvgIpc) is 2.10. The Kier molecular flexibility index (Phi) is 2.54. The van der Waals surface area contributed by atoms with E-state index in [1.54, 1.807) is 17.0 Å². The van der Waals surface area contributed by atoms with E-state index in [1.165, 1.54) is 0 Å². The van der Waals surface area contributed by atoms with Gasteiger partial charge in [-0.05, 0) is 31.2 Å². The smallest absolute Gasteiger partial charge is 0.184 e. The van der Waals surface area contributed by atoms with E-state index in [9.17, 15) is 0 Å². The van der Waals surface area contributed by atoms with Gasteiger partial charge in [-0.3, -0.25) is 4.90 Å². The number of hydrogen-bond acceptors (Lipinski definition) is 3. The highest BCUT2D eigenvalue weighted by molar-refractivity contribution is 5.55. The Bertz CT molecular complexity index is 284. The molecule has 3 heteroatoms. The van der Waals surface area contributed by atoms with Gasteiger partial charge in [0, 0.05) is 12.2 Å². The maximum Gasteiger partial charge on any atom is 0.184 e. The molecule has 0 spiro atoms. The largest absolute Gasteiger partial charge is 0.399 e. The Hall–Kier alpha value is -1.69. The van der Waals surface area contributed by atoms with Gasteiger partial charge >= 0.3 is 0 Å². The molecule has 1 aromatic carbocycles. The summed E-state index contributed by atoms with van der Waals surface area (Å²) in [7, 11) is 0. The third-order valence-corrected chi connectivity index (χ3v) is 1.64. The molecule has 0 fully saturated rings. The summed E-state index contributed by atoms with van der Waals surface area (Å²) in [5.41, 5.74) is 7.11. The number of hydrogen-bond donors (Lipinski definition) is 1. The van der Waals surface area contributed by atoms with Crippen LogP contribution >= 0.6 is 0 Å². The number of anilines is 2. The van der Waals surface area contributed by atoms with E-state index in [0.717, 1.165) is 5.69 Å². The molecule has 0 amide bonds. The van der Waals surface area contributed by atoms with E-state index in [2.05, 4.69) is 6.19 Å². The minimum atomic E-state index is 0.681. The summed E-state index contributed by atoms with van der Waals surface area (Å²) < 4.78 is 0. The van der Waals surface area contributed by atoms with Crippen molar-refractivity contribution < 1.29 is 0 Å². The Morgan fingerprint density at radius 2 is 2.00 bits per heavy atom. The molecule has 0 aromatic heterocycles. The molecule has 3 nitrogen and oxygen atoms in total. The van der Waals surface area contributed by atoms with Crippen LogP contribution in [0.4, 0.5) is 11.4 Å². The fourth-order valence-electron chi connectivity index (χ4n) is 0.965. The normalized spacial score (nSPS) is 9.00. The standard InChI is InChI=1S/C9H11N3/c1-2-12(7-10)9-5-3-8(11)4-6-9/h3-6H,2,11H2,1H3. The first-order chi connectivity index (χ1) is 5.77. The fraction of sp³-hybridized carbons (Fsp3) is 0.222. The highest BCUT2D eigenvalue weighted by Crippen LogP contribution is 2.14. The van der Waals surface area contributed by atoms with E-state index >= 15 is 0 Å². The van der Waals surface area contributed by atoms with Crippen molar-refractivity contribution >= 4 is 11.4 Å². The molecule has 62 valence electrons. The molecule has 1 rings (SSSR count). The zero-order chi connectivity index (χ0) is 8.97. The Morgan fingerprint density at radius 3 is 2.42 bits per heavy atom. The molecule has 0 aliphatic carbocycles. The first kappa shape index (κ1) is 8.41. The fourth-order valence-corrected chi connectivity index (χ4v) is 0.965. The molecule has 12 heavy (non-hydrogen) atoms. The van der Waals surface area contributed by atoms with Crippen LogP contribution < -0.4 is 10.6 Å². The second kappa shape index (κ2) is 3.63. The maximum absolute atomic E-state index is 8.69. The molecule has 0 saturated carbocycles. The second-order valence-corrected chi connectivity index (χ2v) is 2.44. The monoisotopic (exact) mass is 161 g/mol. The predicted octanol–water partition coefficient (Wildman–Crippen LogP) is 1.58. The molecule has 0 heterocycles. The van der Waals surface area contributed by atoms with Gasteiger partial charge in [0.1, 0.15) is 0 Å². The minimum Gasteiger partial charge on any atom is -0.399 e. The number of nitriles is 1. The molecular weight excluding hydrogens is 150 g/mol. The first-order valence-corrected chi connectivity index (χ1v) is 3.80. The van der Waals surface area contributed by atoms with Crippen LogP contribution in [-0.4, -0.2) is 6.54 Å². The number of nitrogens with two attached hydrogens (primary N) is 1. The summed E-state index contributed by atoms with van der Waals surface area (Å²) in [6.07, 6.45) is 2.08. The van der Waals surface area contributed by atoms with Crippen molar-refractivity contribution in [1.82, 2.24) is 0 Å². The van der Waals surface area contributed by atoms with E-state index in [-0.39, 0.29) is 0 Å². The van der Waals surface area contributed by atoms with Crippen molar-refractivity contribution in [1.29, 1.82) is 5.26 Å². The molecule has 0 aliphatic rings. The van der Waals surface area contributed by atoms with Crippen LogP contribution in [0.25, 0.3) is 0 Å². The molecule has 0 bridgehead atoms. The van der Waals surface area contributed by atoms with Crippen molar-refractivity contribution in [3.05, 3.63) is 24.3 Å². The zero-order valence-electron chi connectivity index (χ0n) is 6.99. The lowest BCUT2D eigenvalue weighted by Crippen LogP contribution is -2.14. The summed E-state index contributed by atoms with van der Waals surface area (Å²) in [6, 6.07) is 7.24. The van der Waals surface area contributed by atoms with Gasteiger partial charge in [-0.1, -0.05) is 0 Å². The molecule has 2 N–H and O–H groups in total. The van der Waals surface area contributed by atoms with E-state index < -0.39 is 0 Å². The highest BCUT2D eigenvalue weighted by Gasteiger charge is 2.00. The SMILES string of the molecule is CCN(C#N)c1ccc(N)cc1. The lowest BCUT2D eigenvalue weighted by Gasteiger charge is -2.12. The number of benzene rings is 1. The third kappa shape index (κ3) is 1.67. The van der Waals surface area contributed by atoms with Gasteiger partial charge in [-0.25, -0.2) is 0 Å². The van der Waals surface area contributed by atoms with Crippen LogP contribution in [0.3, 0.4) is 0 Å². The molecule has 1 aromatic rings. The first-order valence-electron chi connectivity index (χ1n) is 3.80. The summed E-state index contributed by atoms with van der Waals surface area (Å²) in [6.45, 7) is 2.61. The number of nitrogen functional groups attached to an aromatic ring is 1. The second-order valence-electron chi connectivity index (χ2n) is 2.44.